The summed E-state index contributed by atoms with van der Waals surface area (Å²) >= 11 is 3.34. The van der Waals surface area contributed by atoms with Crippen LogP contribution in [0.3, 0.4) is 0 Å². The highest BCUT2D eigenvalue weighted by atomic mass is 79.9. The van der Waals surface area contributed by atoms with E-state index in [9.17, 15) is 4.79 Å². The first-order valence-corrected chi connectivity index (χ1v) is 5.04. The molecule has 2 nitrogen and oxygen atoms in total. The predicted molar refractivity (Wildman–Crippen MR) is 55.1 cm³/mol. The molecular weight excluding hydrogens is 232 g/mol. The molecule has 0 aliphatic carbocycles. The molecule has 13 heavy (non-hydrogen) atoms. The van der Waals surface area contributed by atoms with Crippen LogP contribution in [0.15, 0.2) is 18.2 Å². The summed E-state index contributed by atoms with van der Waals surface area (Å²) in [6.07, 6.45) is 0. The van der Waals surface area contributed by atoms with E-state index in [1.165, 1.54) is 7.11 Å². The molecule has 0 amide bonds. The summed E-state index contributed by atoms with van der Waals surface area (Å²) < 4.78 is 4.64. The molecule has 70 valence electrons. The van der Waals surface area contributed by atoms with Crippen LogP contribution in [-0.4, -0.2) is 13.1 Å². The number of esters is 1. The fourth-order valence-corrected chi connectivity index (χ4v) is 1.50. The molecule has 0 radical (unpaired) electrons. The number of rotatable bonds is 2. The lowest BCUT2D eigenvalue weighted by Gasteiger charge is -2.03. The standard InChI is InChI=1S/C10H11BrO2/c1-7-3-8(6-11)5-9(4-7)10(12)13-2/h3-5H,6H2,1-2H3. The number of carbonyl (C=O) groups is 1. The maximum absolute atomic E-state index is 11.2. The molecule has 0 fully saturated rings. The summed E-state index contributed by atoms with van der Waals surface area (Å²) in [4.78, 5) is 11.2. The molecule has 0 atom stereocenters. The monoisotopic (exact) mass is 242 g/mol. The summed E-state index contributed by atoms with van der Waals surface area (Å²) in [6, 6.07) is 5.67. The van der Waals surface area contributed by atoms with Gasteiger partial charge >= 0.3 is 5.97 Å². The molecule has 0 bridgehead atoms. The summed E-state index contributed by atoms with van der Waals surface area (Å²) in [5.74, 6) is -0.286. The Morgan fingerprint density at radius 3 is 2.69 bits per heavy atom. The fourth-order valence-electron chi connectivity index (χ4n) is 1.18. The lowest BCUT2D eigenvalue weighted by Crippen LogP contribution is -2.02. The SMILES string of the molecule is COC(=O)c1cc(C)cc(CBr)c1. The van der Waals surface area contributed by atoms with Gasteiger partial charge in [0.15, 0.2) is 0 Å². The smallest absolute Gasteiger partial charge is 0.337 e. The van der Waals surface area contributed by atoms with Crippen LogP contribution >= 0.6 is 15.9 Å². The minimum absolute atomic E-state index is 0.286. The highest BCUT2D eigenvalue weighted by molar-refractivity contribution is 9.08. The molecule has 3 heteroatoms. The van der Waals surface area contributed by atoms with Crippen molar-refractivity contribution in [2.75, 3.05) is 7.11 Å². The molecule has 0 aliphatic heterocycles. The van der Waals surface area contributed by atoms with Gasteiger partial charge in [-0.05, 0) is 30.2 Å². The van der Waals surface area contributed by atoms with E-state index in [0.717, 1.165) is 16.5 Å². The van der Waals surface area contributed by atoms with Crippen LogP contribution in [-0.2, 0) is 10.1 Å². The minimum atomic E-state index is -0.286. The summed E-state index contributed by atoms with van der Waals surface area (Å²) in [5.41, 5.74) is 2.76. The molecule has 0 saturated carbocycles. The third kappa shape index (κ3) is 2.56. The van der Waals surface area contributed by atoms with Gasteiger partial charge in [0.1, 0.15) is 0 Å². The maximum atomic E-state index is 11.2. The van der Waals surface area contributed by atoms with E-state index < -0.39 is 0 Å². The van der Waals surface area contributed by atoms with Gasteiger partial charge in [-0.25, -0.2) is 4.79 Å². The zero-order chi connectivity index (χ0) is 9.84. The molecule has 1 rings (SSSR count). The van der Waals surface area contributed by atoms with E-state index >= 15 is 0 Å². The number of alkyl halides is 1. The van der Waals surface area contributed by atoms with E-state index in [1.807, 2.05) is 25.1 Å². The molecule has 0 saturated heterocycles. The van der Waals surface area contributed by atoms with Gasteiger partial charge in [-0.2, -0.15) is 0 Å². The average Bonchev–Trinajstić information content (AvgIpc) is 2.15. The Hall–Kier alpha value is -0.830. The van der Waals surface area contributed by atoms with Crippen molar-refractivity contribution in [3.63, 3.8) is 0 Å². The summed E-state index contributed by atoms with van der Waals surface area (Å²) in [5, 5.41) is 0.749. The van der Waals surface area contributed by atoms with Gasteiger partial charge in [0.2, 0.25) is 0 Å². The Balaban J connectivity index is 3.08. The number of ether oxygens (including phenoxy) is 1. The van der Waals surface area contributed by atoms with Crippen molar-refractivity contribution in [3.8, 4) is 0 Å². The van der Waals surface area contributed by atoms with E-state index in [-0.39, 0.29) is 5.97 Å². The second-order valence-electron chi connectivity index (χ2n) is 2.83. The quantitative estimate of drug-likeness (QED) is 0.589. The van der Waals surface area contributed by atoms with Crippen LogP contribution < -0.4 is 0 Å². The van der Waals surface area contributed by atoms with Crippen molar-refractivity contribution in [2.45, 2.75) is 12.3 Å². The molecule has 0 N–H and O–H groups in total. The number of hydrogen-bond acceptors (Lipinski definition) is 2. The number of aryl methyl sites for hydroxylation is 1. The average molecular weight is 243 g/mol. The number of benzene rings is 1. The van der Waals surface area contributed by atoms with Crippen molar-refractivity contribution in [2.24, 2.45) is 0 Å². The molecule has 0 unspecified atom stereocenters. The topological polar surface area (TPSA) is 26.3 Å². The van der Waals surface area contributed by atoms with Crippen LogP contribution in [0.5, 0.6) is 0 Å². The van der Waals surface area contributed by atoms with Crippen LogP contribution in [0.4, 0.5) is 0 Å². The van der Waals surface area contributed by atoms with Gasteiger partial charge in [0.25, 0.3) is 0 Å². The van der Waals surface area contributed by atoms with Crippen molar-refractivity contribution in [3.05, 3.63) is 34.9 Å². The normalized spacial score (nSPS) is 9.77. The molecular formula is C10H11BrO2. The van der Waals surface area contributed by atoms with E-state index in [2.05, 4.69) is 20.7 Å². The molecule has 0 aliphatic rings. The van der Waals surface area contributed by atoms with Gasteiger partial charge < -0.3 is 4.74 Å². The largest absolute Gasteiger partial charge is 0.465 e. The summed E-state index contributed by atoms with van der Waals surface area (Å²) in [7, 11) is 1.39. The van der Waals surface area contributed by atoms with Crippen molar-refractivity contribution >= 4 is 21.9 Å². The molecule has 1 aromatic rings. The number of methoxy groups -OCH3 is 1. The third-order valence-corrected chi connectivity index (χ3v) is 2.36. The Bertz CT molecular complexity index is 321. The van der Waals surface area contributed by atoms with E-state index in [0.29, 0.717) is 5.56 Å². The van der Waals surface area contributed by atoms with Crippen LogP contribution in [0, 0.1) is 6.92 Å². The Kier molecular flexibility index (Phi) is 3.48. The summed E-state index contributed by atoms with van der Waals surface area (Å²) in [6.45, 7) is 1.96. The highest BCUT2D eigenvalue weighted by Crippen LogP contribution is 2.13. The lowest BCUT2D eigenvalue weighted by molar-refractivity contribution is 0.0600. The van der Waals surface area contributed by atoms with Gasteiger partial charge in [0.05, 0.1) is 12.7 Å². The highest BCUT2D eigenvalue weighted by Gasteiger charge is 2.06. The van der Waals surface area contributed by atoms with Crippen molar-refractivity contribution < 1.29 is 9.53 Å². The van der Waals surface area contributed by atoms with Gasteiger partial charge in [0, 0.05) is 5.33 Å². The molecule has 0 aromatic heterocycles. The number of halogens is 1. The lowest BCUT2D eigenvalue weighted by atomic mass is 10.1. The van der Waals surface area contributed by atoms with Crippen molar-refractivity contribution in [1.29, 1.82) is 0 Å². The Labute approximate surface area is 86.0 Å². The third-order valence-electron chi connectivity index (χ3n) is 1.71. The maximum Gasteiger partial charge on any atom is 0.337 e. The second kappa shape index (κ2) is 4.42. The molecule has 0 spiro atoms. The van der Waals surface area contributed by atoms with E-state index in [4.69, 9.17) is 0 Å². The Morgan fingerprint density at radius 2 is 2.15 bits per heavy atom. The number of hydrogen-bond donors (Lipinski definition) is 0. The Morgan fingerprint density at radius 1 is 1.46 bits per heavy atom. The van der Waals surface area contributed by atoms with Crippen molar-refractivity contribution in [1.82, 2.24) is 0 Å². The minimum Gasteiger partial charge on any atom is -0.465 e. The van der Waals surface area contributed by atoms with Gasteiger partial charge in [-0.1, -0.05) is 22.0 Å². The van der Waals surface area contributed by atoms with Crippen LogP contribution in [0.2, 0.25) is 0 Å². The first-order chi connectivity index (χ1) is 6.17. The van der Waals surface area contributed by atoms with E-state index in [1.54, 1.807) is 0 Å². The predicted octanol–water partition coefficient (Wildman–Crippen LogP) is 2.68. The molecule has 0 heterocycles. The second-order valence-corrected chi connectivity index (χ2v) is 3.39. The first-order valence-electron chi connectivity index (χ1n) is 3.92. The zero-order valence-electron chi connectivity index (χ0n) is 7.63. The fraction of sp³-hybridized carbons (Fsp3) is 0.300. The first kappa shape index (κ1) is 10.3. The van der Waals surface area contributed by atoms with Crippen LogP contribution in [0.1, 0.15) is 21.5 Å². The van der Waals surface area contributed by atoms with Crippen LogP contribution in [0.25, 0.3) is 0 Å². The van der Waals surface area contributed by atoms with Gasteiger partial charge in [-0.3, -0.25) is 0 Å². The zero-order valence-corrected chi connectivity index (χ0v) is 9.22. The molecule has 1 aromatic carbocycles. The van der Waals surface area contributed by atoms with Gasteiger partial charge in [-0.15, -0.1) is 0 Å². The number of carbonyl (C=O) groups excluding carboxylic acids is 1.